The fourth-order valence-electron chi connectivity index (χ4n) is 9.55. The van der Waals surface area contributed by atoms with Crippen molar-refractivity contribution in [2.75, 3.05) is 125 Å². The monoisotopic (exact) mass is 1530 g/mol. The number of nitrogens with one attached hydrogen (secondary N) is 2. The van der Waals surface area contributed by atoms with E-state index in [1.807, 2.05) is 91.0 Å². The minimum absolute atomic E-state index is 0.0775. The second kappa shape index (κ2) is 54.3. The van der Waals surface area contributed by atoms with Gasteiger partial charge in [-0.2, -0.15) is 13.2 Å². The maximum atomic E-state index is 12.6. The van der Waals surface area contributed by atoms with E-state index in [9.17, 15) is 40.6 Å². The minimum Gasteiger partial charge on any atom is -0.722 e. The summed E-state index contributed by atoms with van der Waals surface area (Å²) in [6.45, 7) is 19.5. The van der Waals surface area contributed by atoms with Crippen molar-refractivity contribution in [1.29, 1.82) is 0 Å². The first-order valence-electron chi connectivity index (χ1n) is 34.8. The van der Waals surface area contributed by atoms with E-state index in [0.29, 0.717) is 51.0 Å². The third-order valence-corrected chi connectivity index (χ3v) is 23.4. The molecular weight excluding hydrogens is 1420 g/mol. The first kappa shape index (κ1) is 92.7. The maximum absolute atomic E-state index is 12.6. The molecule has 0 radical (unpaired) electrons. The van der Waals surface area contributed by atoms with E-state index in [0.717, 1.165) is 48.6 Å². The number of halogens is 5. The minimum atomic E-state index is -5.42. The van der Waals surface area contributed by atoms with Crippen molar-refractivity contribution in [2.45, 2.75) is 103 Å². The number of hydrogen-bond donors (Lipinski definition) is 2. The Hall–Kier alpha value is -6.34. The number of ketones is 2. The Labute approximate surface area is 624 Å². The maximum Gasteiger partial charge on any atom is 0.428 e. The summed E-state index contributed by atoms with van der Waals surface area (Å²) in [5.41, 5.74) is 4.78. The zero-order chi connectivity index (χ0) is 76.3. The number of ether oxygens (including phenoxy) is 3. The molecule has 0 spiro atoms. The number of Topliss-reactive ketones (excluding diaryl/α,β-unsaturated/α-hetero) is 2. The van der Waals surface area contributed by atoms with Crippen LogP contribution in [0.25, 0.3) is 0 Å². The first-order chi connectivity index (χ1) is 49.1. The summed E-state index contributed by atoms with van der Waals surface area (Å²) in [7, 11) is -4.14. The molecule has 7 aromatic rings. The molecule has 0 aliphatic carbocycles. The molecule has 7 aromatic carbocycles. The molecule has 2 heterocycles. The Kier molecular flexibility index (Phi) is 48.9. The molecule has 0 bridgehead atoms. The lowest BCUT2D eigenvalue weighted by atomic mass is 9.97. The number of carbonyl (C=O) groups excluding carboxylic acids is 4. The van der Waals surface area contributed by atoms with Crippen LogP contribution < -0.4 is 9.80 Å². The standard InChI is InChI=1S/C22H19O2S.C17H21S.C12H17S.C8H12F4O2.C8H15NO3.C8H11S.C6H15N.FHO3S/c23-21(18-10-4-1-5-11-18)16-25(20-14-8-3-9-15-20)17-22(24)19-12-6-2-7-13-19;1-18(14-12-16-8-4-2-5-9-16)15-13-17-10-6-3-7-11-17;1-2-6-12(7-3-1)8-11-13-9-4-5-10-13;1-7(2,3)6(13)14-5(4-9)8(10,11)12;1-8(10)12-7-4-9-2-5-11-6-3-9;1-9(2)8-6-4-3-5-7-8;1-4-7(5-2)6-3;1-5(2,3)4/h1-15H,16-17H2;2-11H,12-15H2,1H3;1-3,6-7H,4-5,8-11H2;5H,4H2,1-3H3;2-7H2,1H3;3-7H,1-2H3;4-6H2,1-3H3;(H,2,3,4)/q3*+1;;;+1;;/p+1. The largest absolute Gasteiger partial charge is 0.722 e. The molecule has 0 aromatic heterocycles. The predicted octanol–water partition coefficient (Wildman–Crippen LogP) is 13.0. The average molecular weight is 1530 g/mol. The highest BCUT2D eigenvalue weighted by Gasteiger charge is 2.44. The summed E-state index contributed by atoms with van der Waals surface area (Å²) in [6, 6.07) is 71.5. The van der Waals surface area contributed by atoms with Gasteiger partial charge in [-0.1, -0.05) is 188 Å². The topological polar surface area (TPSA) is 162 Å². The molecule has 2 saturated heterocycles. The molecule has 1 unspecified atom stereocenters. The molecular formula is C81H112F5N2O10S5+5. The zero-order valence-corrected chi connectivity index (χ0v) is 65.9. The van der Waals surface area contributed by atoms with E-state index >= 15 is 0 Å². The van der Waals surface area contributed by atoms with Crippen LogP contribution in [-0.4, -0.2) is 174 Å². The molecule has 0 amide bonds. The van der Waals surface area contributed by atoms with Crippen molar-refractivity contribution < 1.29 is 77.6 Å². The van der Waals surface area contributed by atoms with Crippen LogP contribution in [0.1, 0.15) is 98.7 Å². The van der Waals surface area contributed by atoms with Crippen LogP contribution in [0.3, 0.4) is 0 Å². The molecule has 2 aliphatic heterocycles. The van der Waals surface area contributed by atoms with E-state index in [1.54, 1.807) is 4.90 Å². The molecule has 12 nitrogen and oxygen atoms in total. The summed E-state index contributed by atoms with van der Waals surface area (Å²) in [5.74, 6) is 6.68. The van der Waals surface area contributed by atoms with E-state index in [-0.39, 0.29) is 17.5 Å². The van der Waals surface area contributed by atoms with Crippen LogP contribution in [0, 0.1) is 5.41 Å². The molecule has 1 atom stereocenters. The van der Waals surface area contributed by atoms with Crippen LogP contribution in [0.2, 0.25) is 0 Å². The van der Waals surface area contributed by atoms with Crippen molar-refractivity contribution in [2.24, 2.45) is 5.41 Å². The SMILES string of the molecule is CC(=O)OCC[NH+]1CCOCC1.CC(C)(C)C(=O)OC(CF)C(F)(F)F.CC[NH+](CC)CC.C[S+](C)c1ccccc1.C[S+](CCc1ccccc1)CCc1ccccc1.O=C(C[S+](CC(=O)c1ccccc1)c1ccccc1)c1ccccc1.O=S(=O)([O-])F.c1ccc(CC[S+]2CCCC2)cc1. The summed E-state index contributed by atoms with van der Waals surface area (Å²) < 4.78 is 97.1. The average Bonchev–Trinajstić information content (AvgIpc) is 1.60. The Morgan fingerprint density at radius 1 is 0.592 bits per heavy atom. The quantitative estimate of drug-likeness (QED) is 0.0141. The van der Waals surface area contributed by atoms with Crippen LogP contribution in [0.15, 0.2) is 222 Å². The van der Waals surface area contributed by atoms with Crippen LogP contribution >= 0.6 is 0 Å². The molecule has 0 saturated carbocycles. The van der Waals surface area contributed by atoms with Gasteiger partial charge < -0.3 is 28.6 Å². The molecule has 2 N–H and O–H groups in total. The van der Waals surface area contributed by atoms with E-state index in [2.05, 4.69) is 166 Å². The number of alkyl halides is 4. The van der Waals surface area contributed by atoms with Gasteiger partial charge in [0.05, 0.1) is 44.5 Å². The summed E-state index contributed by atoms with van der Waals surface area (Å²) in [5, 5.41) is 0. The molecule has 22 heteroatoms. The van der Waals surface area contributed by atoms with Crippen molar-refractivity contribution in [1.82, 2.24) is 0 Å². The Bertz CT molecular complexity index is 3300. The first-order valence-corrected chi connectivity index (χ1v) is 43.4. The summed E-state index contributed by atoms with van der Waals surface area (Å²) in [6.07, 6.45) is 6.05. The fraction of sp³-hybridized carbons (Fsp3) is 0.432. The molecule has 566 valence electrons. The highest BCUT2D eigenvalue weighted by atomic mass is 32.3. The second-order valence-electron chi connectivity index (χ2n) is 25.1. The number of aryl methyl sites for hydroxylation is 3. The van der Waals surface area contributed by atoms with E-state index in [1.165, 1.54) is 135 Å². The van der Waals surface area contributed by atoms with Crippen molar-refractivity contribution in [3.63, 3.8) is 0 Å². The van der Waals surface area contributed by atoms with Gasteiger partial charge in [-0.25, -0.2) is 12.8 Å². The van der Waals surface area contributed by atoms with E-state index in [4.69, 9.17) is 22.4 Å². The van der Waals surface area contributed by atoms with Gasteiger partial charge in [0.1, 0.15) is 74.2 Å². The van der Waals surface area contributed by atoms with Crippen molar-refractivity contribution in [3.8, 4) is 0 Å². The Balaban J connectivity index is 0.000000417. The molecule has 2 fully saturated rings. The Morgan fingerprint density at radius 3 is 1.27 bits per heavy atom. The second-order valence-corrected chi connectivity index (χ2v) is 34.9. The number of rotatable bonds is 25. The Morgan fingerprint density at radius 2 is 0.951 bits per heavy atom. The number of benzene rings is 7. The van der Waals surface area contributed by atoms with Crippen LogP contribution in [0.5, 0.6) is 0 Å². The van der Waals surface area contributed by atoms with Gasteiger partial charge in [0.2, 0.25) is 17.7 Å². The van der Waals surface area contributed by atoms with Gasteiger partial charge in [-0.3, -0.25) is 19.2 Å². The number of hydrogen-bond acceptors (Lipinski definition) is 10. The van der Waals surface area contributed by atoms with Crippen molar-refractivity contribution in [3.05, 3.63) is 240 Å². The smallest absolute Gasteiger partial charge is 0.428 e. The molecule has 103 heavy (non-hydrogen) atoms. The number of quaternary nitrogens is 2. The number of carbonyl (C=O) groups is 4. The summed E-state index contributed by atoms with van der Waals surface area (Å²) >= 11 is 0. The normalized spacial score (nSPS) is 13.1. The molecule has 9 rings (SSSR count). The van der Waals surface area contributed by atoms with Crippen LogP contribution in [0.4, 0.5) is 21.4 Å². The van der Waals surface area contributed by atoms with Gasteiger partial charge in [-0.05, 0) is 117 Å². The fourth-order valence-corrected chi connectivity index (χ4v) is 15.9. The van der Waals surface area contributed by atoms with Gasteiger partial charge in [-0.15, -0.1) is 3.89 Å². The lowest BCUT2D eigenvalue weighted by Crippen LogP contribution is -3.14. The van der Waals surface area contributed by atoms with Crippen LogP contribution in [-0.2, 0) is 97.1 Å². The summed E-state index contributed by atoms with van der Waals surface area (Å²) in [4.78, 5) is 52.3. The molecule has 2 aliphatic rings. The highest BCUT2D eigenvalue weighted by molar-refractivity contribution is 7.98. The van der Waals surface area contributed by atoms with Crippen molar-refractivity contribution >= 4 is 77.6 Å². The van der Waals surface area contributed by atoms with Gasteiger partial charge in [0.15, 0.2) is 21.3 Å². The number of esters is 2. The third-order valence-electron chi connectivity index (χ3n) is 15.7. The third kappa shape index (κ3) is 47.0. The van der Waals surface area contributed by atoms with E-state index < -0.39 is 51.7 Å². The number of morpholine rings is 1. The zero-order valence-electron chi connectivity index (χ0n) is 61.9. The lowest BCUT2D eigenvalue weighted by Gasteiger charge is -2.23. The highest BCUT2D eigenvalue weighted by Crippen LogP contribution is 2.27. The van der Waals surface area contributed by atoms with Gasteiger partial charge in [0, 0.05) is 59.1 Å². The predicted molar refractivity (Wildman–Crippen MR) is 420 cm³/mol. The lowest BCUT2D eigenvalue weighted by molar-refractivity contribution is -0.908. The van der Waals surface area contributed by atoms with Gasteiger partial charge in [0.25, 0.3) is 10.5 Å². The van der Waals surface area contributed by atoms with Gasteiger partial charge >= 0.3 is 18.1 Å².